The molecule has 0 amide bonds. The van der Waals surface area contributed by atoms with E-state index in [1.165, 1.54) is 6.07 Å². The van der Waals surface area contributed by atoms with Crippen molar-refractivity contribution in [2.75, 3.05) is 6.61 Å². The number of hydrogen-bond acceptors (Lipinski definition) is 2. The number of rotatable bonds is 6. The van der Waals surface area contributed by atoms with Gasteiger partial charge in [0.15, 0.2) is 11.5 Å². The van der Waals surface area contributed by atoms with Gasteiger partial charge in [0.25, 0.3) is 0 Å². The van der Waals surface area contributed by atoms with Crippen LogP contribution >= 0.6 is 31.9 Å². The van der Waals surface area contributed by atoms with Crippen LogP contribution in [0.4, 0.5) is 4.39 Å². The van der Waals surface area contributed by atoms with E-state index in [1.54, 1.807) is 12.1 Å². The Morgan fingerprint density at radius 2 is 1.90 bits per heavy atom. The lowest BCUT2D eigenvalue weighted by Crippen LogP contribution is -2.03. The minimum Gasteiger partial charge on any atom is -0.490 e. The van der Waals surface area contributed by atoms with E-state index < -0.39 is 0 Å². The fourth-order valence-corrected chi connectivity index (χ4v) is 2.75. The summed E-state index contributed by atoms with van der Waals surface area (Å²) in [5.41, 5.74) is 1.47. The molecule has 2 rings (SSSR count). The summed E-state index contributed by atoms with van der Waals surface area (Å²) < 4.78 is 26.0. The zero-order chi connectivity index (χ0) is 15.2. The van der Waals surface area contributed by atoms with Gasteiger partial charge in [0, 0.05) is 20.9 Å². The quantitative estimate of drug-likeness (QED) is 0.581. The molecule has 0 fully saturated rings. The van der Waals surface area contributed by atoms with Gasteiger partial charge in [0.1, 0.15) is 12.4 Å². The highest BCUT2D eigenvalue weighted by atomic mass is 79.9. The number of ether oxygens (including phenoxy) is 2. The maximum Gasteiger partial charge on any atom is 0.165 e. The molecule has 0 unspecified atom stereocenters. The molecule has 0 aromatic heterocycles. The fraction of sp³-hybridized carbons (Fsp3) is 0.250. The summed E-state index contributed by atoms with van der Waals surface area (Å²) in [7, 11) is 0. The smallest absolute Gasteiger partial charge is 0.165 e. The van der Waals surface area contributed by atoms with Crippen molar-refractivity contribution in [3.8, 4) is 11.5 Å². The third-order valence-corrected chi connectivity index (χ3v) is 3.98. The van der Waals surface area contributed by atoms with Gasteiger partial charge in [0.2, 0.25) is 0 Å². The normalized spacial score (nSPS) is 10.5. The maximum atomic E-state index is 13.8. The SMILES string of the molecule is CCOc1cccc(CBr)c1OCc1cc(Br)ccc1F. The van der Waals surface area contributed by atoms with Crippen LogP contribution in [-0.4, -0.2) is 6.61 Å². The average molecular weight is 418 g/mol. The van der Waals surface area contributed by atoms with Crippen LogP contribution in [0.1, 0.15) is 18.1 Å². The molecule has 0 atom stereocenters. The second-order valence-corrected chi connectivity index (χ2v) is 5.81. The molecule has 5 heteroatoms. The number of halogens is 3. The number of benzene rings is 2. The molecule has 0 bridgehead atoms. The molecule has 0 N–H and O–H groups in total. The van der Waals surface area contributed by atoms with E-state index in [1.807, 2.05) is 25.1 Å². The van der Waals surface area contributed by atoms with Gasteiger partial charge in [-0.3, -0.25) is 0 Å². The largest absolute Gasteiger partial charge is 0.490 e. The molecule has 0 radical (unpaired) electrons. The Morgan fingerprint density at radius 1 is 1.10 bits per heavy atom. The molecule has 2 nitrogen and oxygen atoms in total. The number of alkyl halides is 1. The van der Waals surface area contributed by atoms with E-state index >= 15 is 0 Å². The average Bonchev–Trinajstić information content (AvgIpc) is 2.49. The number of para-hydroxylation sites is 1. The van der Waals surface area contributed by atoms with E-state index in [0.717, 1.165) is 10.0 Å². The van der Waals surface area contributed by atoms with Crippen molar-refractivity contribution >= 4 is 31.9 Å². The zero-order valence-electron chi connectivity index (χ0n) is 11.5. The molecule has 0 saturated heterocycles. The second kappa shape index (κ2) is 7.80. The topological polar surface area (TPSA) is 18.5 Å². The van der Waals surface area contributed by atoms with Crippen LogP contribution in [0.2, 0.25) is 0 Å². The summed E-state index contributed by atoms with van der Waals surface area (Å²) in [5, 5.41) is 0.643. The monoisotopic (exact) mass is 416 g/mol. The van der Waals surface area contributed by atoms with Gasteiger partial charge in [0.05, 0.1) is 6.61 Å². The highest BCUT2D eigenvalue weighted by molar-refractivity contribution is 9.10. The lowest BCUT2D eigenvalue weighted by molar-refractivity contribution is 0.264. The summed E-state index contributed by atoms with van der Waals surface area (Å²) in [6.45, 7) is 2.61. The summed E-state index contributed by atoms with van der Waals surface area (Å²) in [4.78, 5) is 0. The second-order valence-electron chi connectivity index (χ2n) is 4.34. The van der Waals surface area contributed by atoms with E-state index in [-0.39, 0.29) is 12.4 Å². The summed E-state index contributed by atoms with van der Waals surface area (Å²) in [6.07, 6.45) is 0. The molecular weight excluding hydrogens is 403 g/mol. The van der Waals surface area contributed by atoms with E-state index in [9.17, 15) is 4.39 Å². The number of hydrogen-bond donors (Lipinski definition) is 0. The van der Waals surface area contributed by atoms with Crippen molar-refractivity contribution in [2.24, 2.45) is 0 Å². The van der Waals surface area contributed by atoms with Crippen LogP contribution in [0.15, 0.2) is 40.9 Å². The van der Waals surface area contributed by atoms with Gasteiger partial charge in [-0.25, -0.2) is 4.39 Å². The van der Waals surface area contributed by atoms with Crippen molar-refractivity contribution in [3.05, 3.63) is 57.8 Å². The lowest BCUT2D eigenvalue weighted by Gasteiger charge is -2.15. The minimum atomic E-state index is -0.285. The van der Waals surface area contributed by atoms with Crippen LogP contribution in [-0.2, 0) is 11.9 Å². The molecule has 21 heavy (non-hydrogen) atoms. The molecule has 0 heterocycles. The van der Waals surface area contributed by atoms with E-state index in [4.69, 9.17) is 9.47 Å². The van der Waals surface area contributed by atoms with Gasteiger partial charge < -0.3 is 9.47 Å². The van der Waals surface area contributed by atoms with Crippen LogP contribution in [0.3, 0.4) is 0 Å². The van der Waals surface area contributed by atoms with Crippen molar-refractivity contribution in [2.45, 2.75) is 18.9 Å². The Balaban J connectivity index is 2.24. The summed E-state index contributed by atoms with van der Waals surface area (Å²) in [5.74, 6) is 1.04. The standard InChI is InChI=1S/C16H15Br2FO2/c1-2-20-15-5-3-4-11(9-17)16(15)21-10-12-8-13(18)6-7-14(12)19/h3-8H,2,9-10H2,1H3. The zero-order valence-corrected chi connectivity index (χ0v) is 14.7. The predicted molar refractivity (Wildman–Crippen MR) is 88.7 cm³/mol. The Hall–Kier alpha value is -1.07. The van der Waals surface area contributed by atoms with E-state index in [2.05, 4.69) is 31.9 Å². The predicted octanol–water partition coefficient (Wildman–Crippen LogP) is 5.46. The summed E-state index contributed by atoms with van der Waals surface area (Å²) in [6, 6.07) is 10.5. The maximum absolute atomic E-state index is 13.8. The fourth-order valence-electron chi connectivity index (χ4n) is 1.90. The van der Waals surface area contributed by atoms with Gasteiger partial charge >= 0.3 is 0 Å². The first kappa shape index (κ1) is 16.3. The van der Waals surface area contributed by atoms with Gasteiger partial charge in [-0.1, -0.05) is 44.0 Å². The first-order chi connectivity index (χ1) is 10.2. The minimum absolute atomic E-state index is 0.148. The molecule has 2 aromatic carbocycles. The van der Waals surface area contributed by atoms with Gasteiger partial charge in [-0.2, -0.15) is 0 Å². The lowest BCUT2D eigenvalue weighted by atomic mass is 10.2. The molecule has 2 aromatic rings. The third-order valence-electron chi connectivity index (χ3n) is 2.88. The molecule has 0 aliphatic rings. The van der Waals surface area contributed by atoms with Crippen LogP contribution in [0.5, 0.6) is 11.5 Å². The van der Waals surface area contributed by atoms with Crippen molar-refractivity contribution in [1.29, 1.82) is 0 Å². The molecular formula is C16H15Br2FO2. The first-order valence-corrected chi connectivity index (χ1v) is 8.44. The van der Waals surface area contributed by atoms with Crippen LogP contribution in [0.25, 0.3) is 0 Å². The van der Waals surface area contributed by atoms with Crippen molar-refractivity contribution in [3.63, 3.8) is 0 Å². The van der Waals surface area contributed by atoms with Gasteiger partial charge in [-0.15, -0.1) is 0 Å². The molecule has 0 saturated carbocycles. The van der Waals surface area contributed by atoms with Crippen molar-refractivity contribution < 1.29 is 13.9 Å². The Morgan fingerprint density at radius 3 is 2.62 bits per heavy atom. The third kappa shape index (κ3) is 4.20. The van der Waals surface area contributed by atoms with Gasteiger partial charge in [-0.05, 0) is 31.2 Å². The Bertz CT molecular complexity index is 617. The first-order valence-electron chi connectivity index (χ1n) is 6.53. The molecule has 0 aliphatic carbocycles. The Kier molecular flexibility index (Phi) is 6.06. The van der Waals surface area contributed by atoms with Crippen LogP contribution in [0, 0.1) is 5.82 Å². The van der Waals surface area contributed by atoms with Crippen molar-refractivity contribution in [1.82, 2.24) is 0 Å². The molecule has 112 valence electrons. The van der Waals surface area contributed by atoms with E-state index in [0.29, 0.717) is 29.0 Å². The Labute approximate surface area is 140 Å². The molecule has 0 aliphatic heterocycles. The highest BCUT2D eigenvalue weighted by Gasteiger charge is 2.12. The molecule has 0 spiro atoms. The summed E-state index contributed by atoms with van der Waals surface area (Å²) >= 11 is 6.76. The van der Waals surface area contributed by atoms with Crippen LogP contribution < -0.4 is 9.47 Å². The highest BCUT2D eigenvalue weighted by Crippen LogP contribution is 2.33.